The molecule has 0 spiro atoms. The van der Waals surface area contributed by atoms with Crippen molar-refractivity contribution in [3.8, 4) is 10.7 Å². The number of aromatic amines is 1. The predicted octanol–water partition coefficient (Wildman–Crippen LogP) is 1.66. The van der Waals surface area contributed by atoms with Crippen LogP contribution in [0.4, 0.5) is 5.13 Å². The predicted molar refractivity (Wildman–Crippen MR) is 59.4 cm³/mol. The van der Waals surface area contributed by atoms with Crippen LogP contribution in [-0.2, 0) is 0 Å². The Bertz CT molecular complexity index is 579. The fourth-order valence-electron chi connectivity index (χ4n) is 1.36. The number of H-pyrrole nitrogens is 1. The van der Waals surface area contributed by atoms with E-state index in [9.17, 15) is 0 Å². The third kappa shape index (κ3) is 1.35. The molecule has 0 aliphatic carbocycles. The normalized spacial score (nSPS) is 10.9. The molecule has 0 aliphatic rings. The number of aromatic nitrogens is 4. The summed E-state index contributed by atoms with van der Waals surface area (Å²) in [6.45, 7) is 0. The Hall–Kier alpha value is -1.95. The summed E-state index contributed by atoms with van der Waals surface area (Å²) in [5, 5.41) is 0.540. The van der Waals surface area contributed by atoms with Gasteiger partial charge in [0, 0.05) is 6.20 Å². The number of imidazole rings is 1. The number of pyridine rings is 1. The molecule has 3 rings (SSSR count). The van der Waals surface area contributed by atoms with E-state index in [4.69, 9.17) is 5.73 Å². The first-order chi connectivity index (χ1) is 7.33. The van der Waals surface area contributed by atoms with Crippen molar-refractivity contribution < 1.29 is 0 Å². The molecule has 6 heteroatoms. The lowest BCUT2D eigenvalue weighted by Crippen LogP contribution is -1.77. The van der Waals surface area contributed by atoms with E-state index in [0.717, 1.165) is 16.2 Å². The summed E-state index contributed by atoms with van der Waals surface area (Å²) in [7, 11) is 0. The number of nitrogens with two attached hydrogens (primary N) is 1. The number of hydrogen-bond donors (Lipinski definition) is 2. The Labute approximate surface area is 89.0 Å². The lowest BCUT2D eigenvalue weighted by Gasteiger charge is -1.84. The maximum absolute atomic E-state index is 5.56. The van der Waals surface area contributed by atoms with Gasteiger partial charge in [0.05, 0.1) is 16.6 Å². The maximum Gasteiger partial charge on any atom is 0.180 e. The van der Waals surface area contributed by atoms with E-state index in [-0.39, 0.29) is 0 Å². The molecule has 0 radical (unpaired) electrons. The van der Waals surface area contributed by atoms with E-state index in [1.807, 2.05) is 12.1 Å². The van der Waals surface area contributed by atoms with Crippen LogP contribution in [0, 0.1) is 0 Å². The Morgan fingerprint density at radius 2 is 2.27 bits per heavy atom. The summed E-state index contributed by atoms with van der Waals surface area (Å²) in [6.07, 6.45) is 3.42. The van der Waals surface area contributed by atoms with Crippen LogP contribution in [0.2, 0.25) is 0 Å². The van der Waals surface area contributed by atoms with Crippen molar-refractivity contribution in [1.82, 2.24) is 19.9 Å². The monoisotopic (exact) mass is 217 g/mol. The average Bonchev–Trinajstić information content (AvgIpc) is 2.82. The van der Waals surface area contributed by atoms with Gasteiger partial charge < -0.3 is 10.7 Å². The lowest BCUT2D eigenvalue weighted by atomic mass is 10.4. The van der Waals surface area contributed by atoms with Crippen molar-refractivity contribution in [1.29, 1.82) is 0 Å². The van der Waals surface area contributed by atoms with Gasteiger partial charge in [0.15, 0.2) is 16.6 Å². The molecule has 0 aliphatic heterocycles. The second-order valence-electron chi connectivity index (χ2n) is 3.02. The number of thiazole rings is 1. The molecule has 0 aromatic carbocycles. The zero-order chi connectivity index (χ0) is 10.3. The zero-order valence-electron chi connectivity index (χ0n) is 7.64. The van der Waals surface area contributed by atoms with Gasteiger partial charge in [-0.05, 0) is 12.1 Å². The van der Waals surface area contributed by atoms with Crippen LogP contribution in [0.3, 0.4) is 0 Å². The molecular weight excluding hydrogens is 210 g/mol. The third-order valence-electron chi connectivity index (χ3n) is 2.01. The minimum atomic E-state index is 0.540. The number of nitrogens with one attached hydrogen (secondary N) is 1. The molecule has 0 unspecified atom stereocenters. The summed E-state index contributed by atoms with van der Waals surface area (Å²) >= 11 is 1.40. The van der Waals surface area contributed by atoms with Crippen LogP contribution in [-0.4, -0.2) is 19.9 Å². The van der Waals surface area contributed by atoms with E-state index in [2.05, 4.69) is 19.9 Å². The van der Waals surface area contributed by atoms with Crippen molar-refractivity contribution in [3.63, 3.8) is 0 Å². The van der Waals surface area contributed by atoms with Gasteiger partial charge in [-0.3, -0.25) is 0 Å². The Morgan fingerprint density at radius 3 is 3.00 bits per heavy atom. The summed E-state index contributed by atoms with van der Waals surface area (Å²) in [5.41, 5.74) is 7.18. The molecule has 0 amide bonds. The quantitative estimate of drug-likeness (QED) is 0.649. The van der Waals surface area contributed by atoms with Crippen LogP contribution < -0.4 is 5.73 Å². The van der Waals surface area contributed by atoms with Gasteiger partial charge in [0.1, 0.15) is 0 Å². The summed E-state index contributed by atoms with van der Waals surface area (Å²) in [5.74, 6) is 0.762. The molecule has 3 aromatic rings. The van der Waals surface area contributed by atoms with Gasteiger partial charge >= 0.3 is 0 Å². The van der Waals surface area contributed by atoms with Crippen molar-refractivity contribution in [3.05, 3.63) is 24.5 Å². The molecule has 0 bridgehead atoms. The van der Waals surface area contributed by atoms with E-state index >= 15 is 0 Å². The van der Waals surface area contributed by atoms with E-state index in [1.54, 1.807) is 12.4 Å². The topological polar surface area (TPSA) is 80.5 Å². The van der Waals surface area contributed by atoms with Gasteiger partial charge in [0.2, 0.25) is 0 Å². The largest absolute Gasteiger partial charge is 0.375 e. The lowest BCUT2D eigenvalue weighted by molar-refractivity contribution is 1.30. The minimum absolute atomic E-state index is 0.540. The van der Waals surface area contributed by atoms with Gasteiger partial charge in [-0.1, -0.05) is 11.3 Å². The fourth-order valence-corrected chi connectivity index (χ4v) is 1.99. The number of nitrogens with zero attached hydrogens (tertiary/aromatic N) is 3. The van der Waals surface area contributed by atoms with E-state index < -0.39 is 0 Å². The molecule has 3 heterocycles. The van der Waals surface area contributed by atoms with Crippen molar-refractivity contribution >= 4 is 27.6 Å². The number of hydrogen-bond acceptors (Lipinski definition) is 5. The highest BCUT2D eigenvalue weighted by atomic mass is 32.1. The molecule has 3 aromatic heterocycles. The smallest absolute Gasteiger partial charge is 0.180 e. The highest BCUT2D eigenvalue weighted by Crippen LogP contribution is 2.25. The first-order valence-electron chi connectivity index (χ1n) is 4.35. The molecule has 74 valence electrons. The summed E-state index contributed by atoms with van der Waals surface area (Å²) < 4.78 is 0. The molecule has 5 nitrogen and oxygen atoms in total. The van der Waals surface area contributed by atoms with Gasteiger partial charge in [-0.25, -0.2) is 15.0 Å². The molecule has 15 heavy (non-hydrogen) atoms. The number of fused-ring (bicyclic) bond motifs is 1. The molecular formula is C9H7N5S. The van der Waals surface area contributed by atoms with Crippen LogP contribution in [0.5, 0.6) is 0 Å². The number of rotatable bonds is 1. The summed E-state index contributed by atoms with van der Waals surface area (Å²) in [6, 6.07) is 3.80. The van der Waals surface area contributed by atoms with E-state index in [0.29, 0.717) is 10.8 Å². The first kappa shape index (κ1) is 8.37. The Kier molecular flexibility index (Phi) is 1.69. The molecule has 0 fully saturated rings. The standard InChI is InChI=1S/C9H7N5S/c10-9-12-4-6(15-9)8-13-5-2-1-3-11-7(5)14-8/h1-4H,(H2,10,12)(H,11,13,14). The van der Waals surface area contributed by atoms with E-state index in [1.165, 1.54) is 11.3 Å². The van der Waals surface area contributed by atoms with Gasteiger partial charge in [-0.2, -0.15) is 0 Å². The fraction of sp³-hybridized carbons (Fsp3) is 0. The highest BCUT2D eigenvalue weighted by molar-refractivity contribution is 7.18. The van der Waals surface area contributed by atoms with Crippen molar-refractivity contribution in [2.75, 3.05) is 5.73 Å². The molecule has 0 saturated carbocycles. The summed E-state index contributed by atoms with van der Waals surface area (Å²) in [4.78, 5) is 16.6. The van der Waals surface area contributed by atoms with Crippen molar-refractivity contribution in [2.24, 2.45) is 0 Å². The van der Waals surface area contributed by atoms with Crippen LogP contribution in [0.25, 0.3) is 21.9 Å². The number of nitrogen functional groups attached to an aromatic ring is 1. The zero-order valence-corrected chi connectivity index (χ0v) is 8.45. The highest BCUT2D eigenvalue weighted by Gasteiger charge is 2.07. The SMILES string of the molecule is Nc1ncc(-c2nc3ncccc3[nH]2)s1. The Morgan fingerprint density at radius 1 is 1.33 bits per heavy atom. The minimum Gasteiger partial charge on any atom is -0.375 e. The van der Waals surface area contributed by atoms with Crippen LogP contribution >= 0.6 is 11.3 Å². The molecule has 0 atom stereocenters. The maximum atomic E-state index is 5.56. The van der Waals surface area contributed by atoms with Gasteiger partial charge in [-0.15, -0.1) is 0 Å². The second kappa shape index (κ2) is 3.03. The first-order valence-corrected chi connectivity index (χ1v) is 5.17. The second-order valence-corrected chi connectivity index (χ2v) is 4.08. The van der Waals surface area contributed by atoms with Crippen LogP contribution in [0.15, 0.2) is 24.5 Å². The van der Waals surface area contributed by atoms with Crippen molar-refractivity contribution in [2.45, 2.75) is 0 Å². The van der Waals surface area contributed by atoms with Crippen LogP contribution in [0.1, 0.15) is 0 Å². The molecule has 3 N–H and O–H groups in total. The average molecular weight is 217 g/mol. The Balaban J connectivity index is 2.19. The number of anilines is 1. The third-order valence-corrected chi connectivity index (χ3v) is 2.85. The molecule has 0 saturated heterocycles. The van der Waals surface area contributed by atoms with Gasteiger partial charge in [0.25, 0.3) is 0 Å².